The van der Waals surface area contributed by atoms with Crippen LogP contribution in [0.1, 0.15) is 11.7 Å². The van der Waals surface area contributed by atoms with Gasteiger partial charge in [0, 0.05) is 6.42 Å². The molecule has 0 bridgehead atoms. The average Bonchev–Trinajstić information content (AvgIpc) is 2.37. The van der Waals surface area contributed by atoms with E-state index in [0.717, 1.165) is 0 Å². The van der Waals surface area contributed by atoms with Crippen molar-refractivity contribution < 1.29 is 4.52 Å². The lowest BCUT2D eigenvalue weighted by molar-refractivity contribution is 0.376. The van der Waals surface area contributed by atoms with Gasteiger partial charge in [-0.1, -0.05) is 5.16 Å². The second-order valence-corrected chi connectivity index (χ2v) is 2.14. The average molecular weight is 169 g/mol. The number of aryl methyl sites for hydroxylation is 1. The molecule has 0 aliphatic rings. The Bertz CT molecular complexity index is 277. The number of nitrogens with zero attached hydrogens (tertiary/aromatic N) is 3. The molecule has 0 N–H and O–H groups in total. The van der Waals surface area contributed by atoms with Gasteiger partial charge >= 0.3 is 0 Å². The van der Waals surface area contributed by atoms with E-state index in [1.54, 1.807) is 6.92 Å². The Kier molecular flexibility index (Phi) is 2.89. The number of rotatable bonds is 3. The molecule has 0 spiro atoms. The van der Waals surface area contributed by atoms with Gasteiger partial charge in [0.2, 0.25) is 5.89 Å². The second kappa shape index (κ2) is 3.95. The van der Waals surface area contributed by atoms with Gasteiger partial charge in [-0.3, -0.25) is 0 Å². The summed E-state index contributed by atoms with van der Waals surface area (Å²) in [7, 11) is 0. The van der Waals surface area contributed by atoms with E-state index in [4.69, 9.17) is 4.52 Å². The zero-order chi connectivity index (χ0) is 8.10. The quantitative estimate of drug-likeness (QED) is 0.500. The van der Waals surface area contributed by atoms with Crippen molar-refractivity contribution in [3.8, 4) is 0 Å². The molecule has 0 aliphatic heterocycles. The fourth-order valence-electron chi connectivity index (χ4n) is 0.639. The molecule has 0 atom stereocenters. The van der Waals surface area contributed by atoms with Gasteiger partial charge in [-0.05, 0) is 19.1 Å². The molecule has 1 aromatic rings. The lowest BCUT2D eigenvalue weighted by Gasteiger charge is -1.83. The molecule has 0 unspecified atom stereocenters. The van der Waals surface area contributed by atoms with Gasteiger partial charge in [0.25, 0.3) is 0 Å². The third kappa shape index (κ3) is 2.57. The van der Waals surface area contributed by atoms with Crippen LogP contribution < -0.4 is 0 Å². The summed E-state index contributed by atoms with van der Waals surface area (Å²) in [5.74, 6) is 1.24. The van der Waals surface area contributed by atoms with E-state index in [-0.39, 0.29) is 0 Å². The number of isothiocyanates is 1. The summed E-state index contributed by atoms with van der Waals surface area (Å²) in [5, 5.41) is 5.88. The maximum absolute atomic E-state index is 4.83. The largest absolute Gasteiger partial charge is 0.339 e. The fourth-order valence-corrected chi connectivity index (χ4v) is 0.730. The van der Waals surface area contributed by atoms with Crippen molar-refractivity contribution in [3.63, 3.8) is 0 Å². The van der Waals surface area contributed by atoms with Crippen LogP contribution in [-0.4, -0.2) is 21.8 Å². The molecule has 0 amide bonds. The van der Waals surface area contributed by atoms with E-state index < -0.39 is 0 Å². The van der Waals surface area contributed by atoms with Crippen LogP contribution in [0.2, 0.25) is 0 Å². The first-order chi connectivity index (χ1) is 5.33. The van der Waals surface area contributed by atoms with Crippen molar-refractivity contribution in [1.82, 2.24) is 10.1 Å². The summed E-state index contributed by atoms with van der Waals surface area (Å²) in [6, 6.07) is 0. The molecule has 1 heterocycles. The van der Waals surface area contributed by atoms with Crippen molar-refractivity contribution in [2.45, 2.75) is 13.3 Å². The first-order valence-electron chi connectivity index (χ1n) is 3.16. The lowest BCUT2D eigenvalue weighted by atomic mass is 10.4. The molecule has 5 heteroatoms. The number of thiocarbonyl (C=S) groups is 1. The second-order valence-electron chi connectivity index (χ2n) is 1.96. The maximum atomic E-state index is 4.83. The third-order valence-electron chi connectivity index (χ3n) is 1.07. The Labute approximate surface area is 69.3 Å². The Morgan fingerprint density at radius 1 is 1.73 bits per heavy atom. The van der Waals surface area contributed by atoms with Crippen LogP contribution in [0.15, 0.2) is 9.52 Å². The number of hydrogen-bond acceptors (Lipinski definition) is 5. The molecule has 1 rings (SSSR count). The predicted molar refractivity (Wildman–Crippen MR) is 42.6 cm³/mol. The zero-order valence-electron chi connectivity index (χ0n) is 6.07. The summed E-state index contributed by atoms with van der Waals surface area (Å²) in [6.45, 7) is 2.33. The zero-order valence-corrected chi connectivity index (χ0v) is 6.89. The molecule has 58 valence electrons. The molecule has 0 saturated heterocycles. The molecule has 0 aromatic carbocycles. The molecule has 1 aromatic heterocycles. The molecular formula is C6H7N3OS. The molecule has 4 nitrogen and oxygen atoms in total. The number of aromatic nitrogens is 2. The topological polar surface area (TPSA) is 51.3 Å². The third-order valence-corrected chi connectivity index (χ3v) is 1.20. The summed E-state index contributed by atoms with van der Waals surface area (Å²) in [6.07, 6.45) is 0.629. The molecule has 0 radical (unpaired) electrons. The standard InChI is InChI=1S/C6H7N3OS/c1-5-8-6(10-9-5)2-3-7-4-11/h2-3H2,1H3. The van der Waals surface area contributed by atoms with Crippen LogP contribution >= 0.6 is 12.2 Å². The fraction of sp³-hybridized carbons (Fsp3) is 0.500. The summed E-state index contributed by atoms with van der Waals surface area (Å²) < 4.78 is 4.83. The lowest BCUT2D eigenvalue weighted by Crippen LogP contribution is -1.88. The first-order valence-corrected chi connectivity index (χ1v) is 3.56. The van der Waals surface area contributed by atoms with Crippen molar-refractivity contribution in [2.24, 2.45) is 4.99 Å². The van der Waals surface area contributed by atoms with E-state index in [2.05, 4.69) is 32.5 Å². The Hall–Kier alpha value is -1.06. The van der Waals surface area contributed by atoms with Crippen LogP contribution in [0.4, 0.5) is 0 Å². The Morgan fingerprint density at radius 3 is 3.09 bits per heavy atom. The van der Waals surface area contributed by atoms with E-state index in [9.17, 15) is 0 Å². The SMILES string of the molecule is Cc1noc(CCN=C=S)n1. The van der Waals surface area contributed by atoms with Crippen molar-refractivity contribution in [2.75, 3.05) is 6.54 Å². The van der Waals surface area contributed by atoms with Crippen molar-refractivity contribution >= 4 is 17.4 Å². The van der Waals surface area contributed by atoms with Crippen molar-refractivity contribution in [1.29, 1.82) is 0 Å². The van der Waals surface area contributed by atoms with Crippen LogP contribution in [-0.2, 0) is 6.42 Å². The maximum Gasteiger partial charge on any atom is 0.228 e. The van der Waals surface area contributed by atoms with Gasteiger partial charge in [-0.15, -0.1) is 0 Å². The van der Waals surface area contributed by atoms with Crippen LogP contribution in [0.3, 0.4) is 0 Å². The minimum atomic E-state index is 0.561. The van der Waals surface area contributed by atoms with Gasteiger partial charge in [0.1, 0.15) is 0 Å². The summed E-state index contributed by atoms with van der Waals surface area (Å²) in [5.41, 5.74) is 0. The molecule has 0 saturated carbocycles. The molecular weight excluding hydrogens is 162 g/mol. The predicted octanol–water partition coefficient (Wildman–Crippen LogP) is 1.02. The van der Waals surface area contributed by atoms with Gasteiger partial charge in [0.05, 0.1) is 11.7 Å². The van der Waals surface area contributed by atoms with Crippen molar-refractivity contribution in [3.05, 3.63) is 11.7 Å². The smallest absolute Gasteiger partial charge is 0.228 e. The van der Waals surface area contributed by atoms with E-state index in [1.807, 2.05) is 0 Å². The monoisotopic (exact) mass is 169 g/mol. The number of hydrogen-bond donors (Lipinski definition) is 0. The minimum Gasteiger partial charge on any atom is -0.339 e. The van der Waals surface area contributed by atoms with Gasteiger partial charge in [-0.25, -0.2) is 4.99 Å². The first kappa shape index (κ1) is 8.04. The van der Waals surface area contributed by atoms with Crippen LogP contribution in [0.5, 0.6) is 0 Å². The van der Waals surface area contributed by atoms with Crippen LogP contribution in [0, 0.1) is 6.92 Å². The molecule has 11 heavy (non-hydrogen) atoms. The van der Waals surface area contributed by atoms with E-state index in [1.165, 1.54) is 0 Å². The normalized spacial score (nSPS) is 9.18. The van der Waals surface area contributed by atoms with Gasteiger partial charge in [-0.2, -0.15) is 4.98 Å². The van der Waals surface area contributed by atoms with Crippen LogP contribution in [0.25, 0.3) is 0 Å². The molecule has 0 fully saturated rings. The van der Waals surface area contributed by atoms with Gasteiger partial charge in [0.15, 0.2) is 5.82 Å². The Morgan fingerprint density at radius 2 is 2.55 bits per heavy atom. The Balaban J connectivity index is 2.44. The highest BCUT2D eigenvalue weighted by molar-refractivity contribution is 7.78. The number of aliphatic imine (C=N–C) groups is 1. The van der Waals surface area contributed by atoms with E-state index >= 15 is 0 Å². The molecule has 0 aliphatic carbocycles. The van der Waals surface area contributed by atoms with E-state index in [0.29, 0.717) is 24.7 Å². The summed E-state index contributed by atoms with van der Waals surface area (Å²) in [4.78, 5) is 7.70. The summed E-state index contributed by atoms with van der Waals surface area (Å²) >= 11 is 4.39. The van der Waals surface area contributed by atoms with Gasteiger partial charge < -0.3 is 4.52 Å². The highest BCUT2D eigenvalue weighted by Crippen LogP contribution is 1.96. The highest BCUT2D eigenvalue weighted by atomic mass is 32.1. The highest BCUT2D eigenvalue weighted by Gasteiger charge is 1.99. The minimum absolute atomic E-state index is 0.561.